The molecule has 1 aromatic heterocycles. The molecule has 3 N–H and O–H groups in total. The molecule has 11 heteroatoms. The number of benzene rings is 3. The molecule has 0 atom stereocenters. The van der Waals surface area contributed by atoms with Crippen molar-refractivity contribution in [2.24, 2.45) is 4.99 Å². The van der Waals surface area contributed by atoms with E-state index in [1.807, 2.05) is 13.8 Å². The van der Waals surface area contributed by atoms with Gasteiger partial charge in [-0.2, -0.15) is 0 Å². The molecule has 3 aromatic carbocycles. The quantitative estimate of drug-likeness (QED) is 0.300. The number of aromatic amines is 1. The fourth-order valence-corrected chi connectivity index (χ4v) is 4.65. The molecule has 0 aliphatic rings. The summed E-state index contributed by atoms with van der Waals surface area (Å²) < 4.78 is 29.6. The molecule has 0 bridgehead atoms. The van der Waals surface area contributed by atoms with Crippen molar-refractivity contribution >= 4 is 43.5 Å². The van der Waals surface area contributed by atoms with Crippen molar-refractivity contribution in [1.82, 2.24) is 9.55 Å². The minimum Gasteiger partial charge on any atom is -0.493 e. The van der Waals surface area contributed by atoms with Gasteiger partial charge in [-0.25, -0.2) is 17.8 Å². The third-order valence-electron chi connectivity index (χ3n) is 5.31. The molecule has 36 heavy (non-hydrogen) atoms. The lowest BCUT2D eigenvalue weighted by atomic mass is 10.2. The van der Waals surface area contributed by atoms with Crippen molar-refractivity contribution in [3.05, 3.63) is 109 Å². The van der Waals surface area contributed by atoms with E-state index in [9.17, 15) is 23.1 Å². The maximum Gasteiger partial charge on any atom is 0.335 e. The third kappa shape index (κ3) is 5.31. The van der Waals surface area contributed by atoms with E-state index >= 15 is 0 Å². The van der Waals surface area contributed by atoms with Crippen LogP contribution in [-0.4, -0.2) is 29.3 Å². The van der Waals surface area contributed by atoms with Crippen LogP contribution in [0, 0.1) is 13.8 Å². The molecule has 0 radical (unpaired) electrons. The molecule has 0 saturated heterocycles. The number of halogens is 1. The van der Waals surface area contributed by atoms with Crippen molar-refractivity contribution in [3.63, 3.8) is 0 Å². The van der Waals surface area contributed by atoms with E-state index in [4.69, 9.17) is 0 Å². The molecule has 0 unspecified atom stereocenters. The normalized spacial score (nSPS) is 11.6. The van der Waals surface area contributed by atoms with Crippen LogP contribution in [0.5, 0.6) is 5.88 Å². The number of aromatic nitrogens is 2. The number of nitrogens with zero attached hydrogens (tertiary/aromatic N) is 2. The van der Waals surface area contributed by atoms with E-state index in [1.165, 1.54) is 24.3 Å². The number of hydrogen-bond donors (Lipinski definition) is 3. The molecule has 0 amide bonds. The van der Waals surface area contributed by atoms with Crippen LogP contribution in [0.25, 0.3) is 5.69 Å². The van der Waals surface area contributed by atoms with Gasteiger partial charge < -0.3 is 5.11 Å². The predicted molar refractivity (Wildman–Crippen MR) is 142 cm³/mol. The van der Waals surface area contributed by atoms with Crippen LogP contribution >= 0.6 is 15.9 Å². The molecule has 1 heterocycles. The first-order chi connectivity index (χ1) is 17.0. The standard InChI is InChI=1S/C25H21BrN4O5S/c1-15-3-5-18(6-4-15)29-36(34,35)20-10-7-17(8-11-20)27-14-21-23(31)28-25(33)30(24(21)32)19-9-12-22(26)16(2)13-19/h3-14,29,32H,1-2H3,(H,28,31,33). The lowest BCUT2D eigenvalue weighted by Crippen LogP contribution is -2.31. The summed E-state index contributed by atoms with van der Waals surface area (Å²) in [6.45, 7) is 3.73. The summed E-state index contributed by atoms with van der Waals surface area (Å²) in [7, 11) is -3.81. The first-order valence-corrected chi connectivity index (χ1v) is 12.9. The molecule has 4 aromatic rings. The van der Waals surface area contributed by atoms with E-state index in [-0.39, 0.29) is 10.5 Å². The number of sulfonamides is 1. The van der Waals surface area contributed by atoms with E-state index in [1.54, 1.807) is 42.5 Å². The molecule has 0 saturated carbocycles. The highest BCUT2D eigenvalue weighted by Gasteiger charge is 2.16. The number of nitrogens with one attached hydrogen (secondary N) is 2. The van der Waals surface area contributed by atoms with Crippen molar-refractivity contribution in [2.75, 3.05) is 4.72 Å². The number of anilines is 1. The molecule has 0 aliphatic carbocycles. The number of aliphatic imine (C=N–C) groups is 1. The van der Waals surface area contributed by atoms with Gasteiger partial charge in [0.2, 0.25) is 5.88 Å². The Morgan fingerprint density at radius 1 is 1.00 bits per heavy atom. The van der Waals surface area contributed by atoms with E-state index in [2.05, 4.69) is 30.6 Å². The van der Waals surface area contributed by atoms with Gasteiger partial charge in [0.15, 0.2) is 0 Å². The topological polar surface area (TPSA) is 134 Å². The average molecular weight is 569 g/mol. The molecule has 0 fully saturated rings. The Labute approximate surface area is 215 Å². The summed E-state index contributed by atoms with van der Waals surface area (Å²) in [4.78, 5) is 31.1. The summed E-state index contributed by atoms with van der Waals surface area (Å²) in [6, 6.07) is 17.6. The lowest BCUT2D eigenvalue weighted by molar-refractivity contribution is 0.430. The van der Waals surface area contributed by atoms with Crippen LogP contribution < -0.4 is 16.0 Å². The Morgan fingerprint density at radius 3 is 2.31 bits per heavy atom. The zero-order valence-electron chi connectivity index (χ0n) is 19.2. The molecule has 9 nitrogen and oxygen atoms in total. The first kappa shape index (κ1) is 25.1. The van der Waals surface area contributed by atoms with Crippen LogP contribution in [0.4, 0.5) is 11.4 Å². The van der Waals surface area contributed by atoms with Crippen LogP contribution in [-0.2, 0) is 10.0 Å². The maximum absolute atomic E-state index is 12.7. The van der Waals surface area contributed by atoms with Gasteiger partial charge >= 0.3 is 5.69 Å². The molecule has 0 spiro atoms. The van der Waals surface area contributed by atoms with Crippen LogP contribution in [0.2, 0.25) is 0 Å². The smallest absolute Gasteiger partial charge is 0.335 e. The zero-order valence-corrected chi connectivity index (χ0v) is 21.6. The number of rotatable bonds is 6. The maximum atomic E-state index is 12.7. The highest BCUT2D eigenvalue weighted by atomic mass is 79.9. The zero-order chi connectivity index (χ0) is 26.0. The second-order valence-corrected chi connectivity index (χ2v) is 10.5. The lowest BCUT2D eigenvalue weighted by Gasteiger charge is -2.11. The summed E-state index contributed by atoms with van der Waals surface area (Å²) in [5.41, 5.74) is 1.13. The van der Waals surface area contributed by atoms with Crippen LogP contribution in [0.1, 0.15) is 16.7 Å². The van der Waals surface area contributed by atoms with Crippen LogP contribution in [0.15, 0.2) is 90.7 Å². The van der Waals surface area contributed by atoms with Gasteiger partial charge in [-0.1, -0.05) is 33.6 Å². The fraction of sp³-hybridized carbons (Fsp3) is 0.0800. The van der Waals surface area contributed by atoms with Gasteiger partial charge in [0.1, 0.15) is 5.56 Å². The van der Waals surface area contributed by atoms with Gasteiger partial charge in [-0.3, -0.25) is 19.5 Å². The summed E-state index contributed by atoms with van der Waals surface area (Å²) in [5, 5.41) is 10.7. The summed E-state index contributed by atoms with van der Waals surface area (Å²) in [6.07, 6.45) is 1.11. The first-order valence-electron chi connectivity index (χ1n) is 10.6. The fourth-order valence-electron chi connectivity index (χ4n) is 3.35. The van der Waals surface area contributed by atoms with E-state index in [0.29, 0.717) is 17.1 Å². The Balaban J connectivity index is 1.62. The molecular weight excluding hydrogens is 548 g/mol. The van der Waals surface area contributed by atoms with Crippen molar-refractivity contribution in [2.45, 2.75) is 18.7 Å². The van der Waals surface area contributed by atoms with Crippen molar-refractivity contribution in [3.8, 4) is 11.6 Å². The molecule has 4 rings (SSSR count). The second kappa shape index (κ2) is 9.96. The van der Waals surface area contributed by atoms with Crippen LogP contribution in [0.3, 0.4) is 0 Å². The van der Waals surface area contributed by atoms with Crippen molar-refractivity contribution in [1.29, 1.82) is 0 Å². The molecule has 0 aliphatic heterocycles. The average Bonchev–Trinajstić information content (AvgIpc) is 2.82. The highest BCUT2D eigenvalue weighted by Crippen LogP contribution is 2.23. The summed E-state index contributed by atoms with van der Waals surface area (Å²) >= 11 is 3.38. The van der Waals surface area contributed by atoms with Gasteiger partial charge in [0.05, 0.1) is 16.3 Å². The Kier molecular flexibility index (Phi) is 6.95. The predicted octanol–water partition coefficient (Wildman–Crippen LogP) is 4.16. The third-order valence-corrected chi connectivity index (χ3v) is 7.60. The minimum absolute atomic E-state index is 0.0295. The van der Waals surface area contributed by atoms with E-state index < -0.39 is 27.2 Å². The molecule has 184 valence electrons. The largest absolute Gasteiger partial charge is 0.493 e. The summed E-state index contributed by atoms with van der Waals surface area (Å²) in [5.74, 6) is -0.573. The van der Waals surface area contributed by atoms with Gasteiger partial charge in [-0.15, -0.1) is 0 Å². The Morgan fingerprint density at radius 2 is 1.67 bits per heavy atom. The number of hydrogen-bond acceptors (Lipinski definition) is 6. The monoisotopic (exact) mass is 568 g/mol. The SMILES string of the molecule is Cc1ccc(NS(=O)(=O)c2ccc(N=Cc3c(O)n(-c4ccc(Br)c(C)c4)c(=O)[nH]c3=O)cc2)cc1. The van der Waals surface area contributed by atoms with E-state index in [0.717, 1.165) is 26.4 Å². The van der Waals surface area contributed by atoms with Gasteiger partial charge in [0.25, 0.3) is 15.6 Å². The second-order valence-electron chi connectivity index (χ2n) is 7.99. The van der Waals surface area contributed by atoms with Crippen molar-refractivity contribution < 1.29 is 13.5 Å². The molecular formula is C25H21BrN4O5S. The van der Waals surface area contributed by atoms with Gasteiger partial charge in [-0.05, 0) is 74.0 Å². The number of aryl methyl sites for hydroxylation is 2. The number of H-pyrrole nitrogens is 1. The Bertz CT molecular complexity index is 1690. The number of aromatic hydroxyl groups is 1. The minimum atomic E-state index is -3.81. The van der Waals surface area contributed by atoms with Gasteiger partial charge in [0, 0.05) is 16.4 Å². The Hall–Kier alpha value is -3.96. The highest BCUT2D eigenvalue weighted by molar-refractivity contribution is 9.10.